The van der Waals surface area contributed by atoms with E-state index in [0.717, 1.165) is 24.0 Å². The zero-order valence-electron chi connectivity index (χ0n) is 17.7. The summed E-state index contributed by atoms with van der Waals surface area (Å²) in [5, 5.41) is 24.2. The lowest BCUT2D eigenvalue weighted by Crippen LogP contribution is -2.60. The van der Waals surface area contributed by atoms with Crippen LogP contribution in [0.5, 0.6) is 0 Å². The Morgan fingerprint density at radius 1 is 0.935 bits per heavy atom. The molecule has 0 bridgehead atoms. The molecule has 4 atom stereocenters. The SMILES string of the molecule is O=C(NCC1CC1)[C@@]1(OCc2ccccc2)CC(OCc2ccccc2)[C@H](O)[C@H](O)C1. The summed E-state index contributed by atoms with van der Waals surface area (Å²) in [7, 11) is 0. The van der Waals surface area contributed by atoms with Crippen molar-refractivity contribution in [1.82, 2.24) is 5.32 Å². The number of nitrogens with one attached hydrogen (secondary N) is 1. The van der Waals surface area contributed by atoms with Crippen molar-refractivity contribution in [2.75, 3.05) is 6.54 Å². The number of amides is 1. The van der Waals surface area contributed by atoms with Crippen LogP contribution in [-0.2, 0) is 27.5 Å². The summed E-state index contributed by atoms with van der Waals surface area (Å²) >= 11 is 0. The number of rotatable bonds is 9. The summed E-state index contributed by atoms with van der Waals surface area (Å²) in [5.41, 5.74) is 0.646. The van der Waals surface area contributed by atoms with E-state index < -0.39 is 23.9 Å². The van der Waals surface area contributed by atoms with E-state index in [-0.39, 0.29) is 32.0 Å². The summed E-state index contributed by atoms with van der Waals surface area (Å²) in [4.78, 5) is 13.3. The average Bonchev–Trinajstić information content (AvgIpc) is 3.63. The highest BCUT2D eigenvalue weighted by molar-refractivity contribution is 5.85. The summed E-state index contributed by atoms with van der Waals surface area (Å²) in [5.74, 6) is 0.286. The van der Waals surface area contributed by atoms with Gasteiger partial charge in [0.2, 0.25) is 0 Å². The number of carbonyl (C=O) groups is 1. The predicted molar refractivity (Wildman–Crippen MR) is 116 cm³/mol. The van der Waals surface area contributed by atoms with Crippen LogP contribution in [0.4, 0.5) is 0 Å². The van der Waals surface area contributed by atoms with Gasteiger partial charge in [-0.05, 0) is 29.9 Å². The van der Waals surface area contributed by atoms with Crippen LogP contribution in [-0.4, -0.2) is 46.6 Å². The lowest BCUT2D eigenvalue weighted by Gasteiger charge is -2.44. The van der Waals surface area contributed by atoms with E-state index in [9.17, 15) is 15.0 Å². The summed E-state index contributed by atoms with van der Waals surface area (Å²) < 4.78 is 12.2. The Bertz CT molecular complexity index is 842. The topological polar surface area (TPSA) is 88.0 Å². The zero-order chi connectivity index (χ0) is 21.7. The van der Waals surface area contributed by atoms with Gasteiger partial charge in [0.05, 0.1) is 25.4 Å². The molecule has 0 spiro atoms. The van der Waals surface area contributed by atoms with Gasteiger partial charge in [0.15, 0.2) is 5.60 Å². The fourth-order valence-electron chi connectivity index (χ4n) is 4.06. The van der Waals surface area contributed by atoms with Gasteiger partial charge in [-0.1, -0.05) is 60.7 Å². The van der Waals surface area contributed by atoms with Crippen molar-refractivity contribution < 1.29 is 24.5 Å². The highest BCUT2D eigenvalue weighted by atomic mass is 16.5. The maximum absolute atomic E-state index is 13.3. The van der Waals surface area contributed by atoms with Gasteiger partial charge in [0.25, 0.3) is 5.91 Å². The van der Waals surface area contributed by atoms with E-state index >= 15 is 0 Å². The molecule has 6 nitrogen and oxygen atoms in total. The highest BCUT2D eigenvalue weighted by Crippen LogP contribution is 2.36. The smallest absolute Gasteiger partial charge is 0.252 e. The van der Waals surface area contributed by atoms with Crippen LogP contribution in [0.1, 0.15) is 36.8 Å². The van der Waals surface area contributed by atoms with Crippen LogP contribution in [0.3, 0.4) is 0 Å². The Labute approximate surface area is 183 Å². The average molecular weight is 426 g/mol. The van der Waals surface area contributed by atoms with Crippen LogP contribution in [0.25, 0.3) is 0 Å². The molecule has 3 N–H and O–H groups in total. The minimum absolute atomic E-state index is 0.0305. The fourth-order valence-corrected chi connectivity index (χ4v) is 4.06. The lowest BCUT2D eigenvalue weighted by atomic mass is 9.78. The first-order chi connectivity index (χ1) is 15.1. The van der Waals surface area contributed by atoms with E-state index in [1.54, 1.807) is 0 Å². The van der Waals surface area contributed by atoms with Gasteiger partial charge in [-0.3, -0.25) is 4.79 Å². The molecule has 6 heteroatoms. The molecular formula is C25H31NO5. The molecule has 2 aromatic rings. The Hall–Kier alpha value is -2.25. The van der Waals surface area contributed by atoms with E-state index in [1.807, 2.05) is 60.7 Å². The molecular weight excluding hydrogens is 394 g/mol. The number of benzene rings is 2. The van der Waals surface area contributed by atoms with Crippen molar-refractivity contribution in [3.8, 4) is 0 Å². The number of carbonyl (C=O) groups excluding carboxylic acids is 1. The van der Waals surface area contributed by atoms with Crippen molar-refractivity contribution in [1.29, 1.82) is 0 Å². The molecule has 2 aromatic carbocycles. The van der Waals surface area contributed by atoms with Crippen molar-refractivity contribution >= 4 is 5.91 Å². The summed E-state index contributed by atoms with van der Waals surface area (Å²) in [6.07, 6.45) is -0.439. The highest BCUT2D eigenvalue weighted by Gasteiger charge is 2.51. The molecule has 0 aliphatic heterocycles. The van der Waals surface area contributed by atoms with Crippen LogP contribution < -0.4 is 5.32 Å². The normalized spacial score (nSPS) is 28.3. The molecule has 166 valence electrons. The molecule has 0 saturated heterocycles. The summed E-state index contributed by atoms with van der Waals surface area (Å²) in [6, 6.07) is 19.3. The molecule has 2 aliphatic carbocycles. The Kier molecular flexibility index (Phi) is 7.02. The molecule has 31 heavy (non-hydrogen) atoms. The molecule has 2 saturated carbocycles. The first-order valence-corrected chi connectivity index (χ1v) is 11.0. The van der Waals surface area contributed by atoms with Crippen LogP contribution >= 0.6 is 0 Å². The zero-order valence-corrected chi connectivity index (χ0v) is 17.7. The minimum atomic E-state index is -1.26. The maximum Gasteiger partial charge on any atom is 0.252 e. The van der Waals surface area contributed by atoms with Gasteiger partial charge >= 0.3 is 0 Å². The van der Waals surface area contributed by atoms with Crippen molar-refractivity contribution in [2.45, 2.75) is 62.8 Å². The number of aliphatic hydroxyl groups is 2. The largest absolute Gasteiger partial charge is 0.390 e. The third-order valence-corrected chi connectivity index (χ3v) is 6.17. The Morgan fingerprint density at radius 3 is 2.16 bits per heavy atom. The standard InChI is InChI=1S/C25H31NO5/c27-21-13-25(24(29)26-15-18-11-12-18,31-17-20-9-5-2-6-10-20)14-22(23(21)28)30-16-19-7-3-1-4-8-19/h1-10,18,21-23,27-28H,11-17H2,(H,26,29)/t21-,22?,23-,25+/m1/s1. The molecule has 0 heterocycles. The van der Waals surface area contributed by atoms with E-state index in [1.165, 1.54) is 0 Å². The van der Waals surface area contributed by atoms with Gasteiger partial charge in [-0.25, -0.2) is 0 Å². The van der Waals surface area contributed by atoms with E-state index in [2.05, 4.69) is 5.32 Å². The molecule has 0 radical (unpaired) electrons. The monoisotopic (exact) mass is 425 g/mol. The van der Waals surface area contributed by atoms with Crippen molar-refractivity contribution in [3.05, 3.63) is 71.8 Å². The van der Waals surface area contributed by atoms with Gasteiger partial charge in [-0.2, -0.15) is 0 Å². The first-order valence-electron chi connectivity index (χ1n) is 11.0. The molecule has 2 fully saturated rings. The fraction of sp³-hybridized carbons (Fsp3) is 0.480. The van der Waals surface area contributed by atoms with Crippen LogP contribution in [0, 0.1) is 5.92 Å². The Balaban J connectivity index is 1.49. The number of aliphatic hydroxyl groups excluding tert-OH is 2. The quantitative estimate of drug-likeness (QED) is 0.575. The second-order valence-electron chi connectivity index (χ2n) is 8.72. The molecule has 1 amide bonds. The van der Waals surface area contributed by atoms with Crippen LogP contribution in [0.15, 0.2) is 60.7 Å². The first kappa shape index (κ1) is 22.0. The second-order valence-corrected chi connectivity index (χ2v) is 8.72. The van der Waals surface area contributed by atoms with Gasteiger partial charge in [-0.15, -0.1) is 0 Å². The number of hydrogen-bond donors (Lipinski definition) is 3. The molecule has 2 aliphatic rings. The summed E-state index contributed by atoms with van der Waals surface area (Å²) in [6.45, 7) is 1.14. The third-order valence-electron chi connectivity index (χ3n) is 6.17. The second kappa shape index (κ2) is 9.92. The van der Waals surface area contributed by atoms with Crippen LogP contribution in [0.2, 0.25) is 0 Å². The van der Waals surface area contributed by atoms with E-state index in [4.69, 9.17) is 9.47 Å². The predicted octanol–water partition coefficient (Wildman–Crippen LogP) is 2.57. The third kappa shape index (κ3) is 5.71. The van der Waals surface area contributed by atoms with Crippen molar-refractivity contribution in [3.63, 3.8) is 0 Å². The number of ether oxygens (including phenoxy) is 2. The van der Waals surface area contributed by atoms with E-state index in [0.29, 0.717) is 12.5 Å². The molecule has 1 unspecified atom stereocenters. The lowest BCUT2D eigenvalue weighted by molar-refractivity contribution is -0.200. The van der Waals surface area contributed by atoms with Gasteiger partial charge in [0, 0.05) is 19.4 Å². The molecule has 4 rings (SSSR count). The Morgan fingerprint density at radius 2 is 1.55 bits per heavy atom. The molecule has 0 aromatic heterocycles. The number of hydrogen-bond acceptors (Lipinski definition) is 5. The maximum atomic E-state index is 13.3. The van der Waals surface area contributed by atoms with Gasteiger partial charge in [0.1, 0.15) is 6.10 Å². The van der Waals surface area contributed by atoms with Gasteiger partial charge < -0.3 is 25.0 Å². The minimum Gasteiger partial charge on any atom is -0.390 e. The van der Waals surface area contributed by atoms with Crippen molar-refractivity contribution in [2.24, 2.45) is 5.92 Å².